The number of halogens is 2. The molecule has 0 aliphatic carbocycles. The molecule has 4 aromatic heterocycles. The summed E-state index contributed by atoms with van der Waals surface area (Å²) in [4.78, 5) is 20.4. The van der Waals surface area contributed by atoms with Crippen LogP contribution in [0.15, 0.2) is 31.2 Å². The van der Waals surface area contributed by atoms with E-state index in [0.29, 0.717) is 11.2 Å². The molecule has 0 radical (unpaired) electrons. The van der Waals surface area contributed by atoms with Crippen molar-refractivity contribution in [3.8, 4) is 0 Å². The molecule has 7 rings (SSSR count). The summed E-state index contributed by atoms with van der Waals surface area (Å²) in [6.45, 7) is -5.53. The molecule has 3 aliphatic rings. The van der Waals surface area contributed by atoms with Crippen LogP contribution in [0.25, 0.3) is 22.3 Å². The van der Waals surface area contributed by atoms with Crippen LogP contribution in [-0.2, 0) is 36.7 Å². The number of anilines is 2. The lowest BCUT2D eigenvalue weighted by Crippen LogP contribution is -2.37. The lowest BCUT2D eigenvalue weighted by atomic mass is 10.1. The number of imidazole rings is 2. The van der Waals surface area contributed by atoms with Crippen LogP contribution >= 0.6 is 26.5 Å². The van der Waals surface area contributed by atoms with Gasteiger partial charge in [0.25, 0.3) is 15.0 Å². The Kier molecular flexibility index (Phi) is 7.46. The standard InChI is InChI=1S/C21H24BF2N9O8P2S/c22-42(34)36-3-9-16(12(24)21(38-9)32-6-30-13-8(25)1-2-27-18(13)32)41-43(35,44)37-4-10-15(40-42)11(23)20(39-10)33-7-31-14-17(26)28-5-29-19(14)33/h1-2,5-7,9-12,15-16,20-21H,3-4,22H2,(H2,25,27)(H,35,44)(H2,26,28,29)/t9-,10-,11-,12-,15-,16-,20-,21-,42+,43-/m1/s1. The number of nitrogens with zero attached hydrogens (tertiary/aromatic N) is 7. The van der Waals surface area contributed by atoms with Gasteiger partial charge in [-0.15, -0.1) is 0 Å². The van der Waals surface area contributed by atoms with E-state index < -0.39 is 76.7 Å². The number of hydrogen-bond acceptors (Lipinski definition) is 15. The van der Waals surface area contributed by atoms with Crippen molar-refractivity contribution in [1.82, 2.24) is 34.1 Å². The Bertz CT molecular complexity index is 1710. The maximum atomic E-state index is 16.0. The molecule has 0 spiro atoms. The van der Waals surface area contributed by atoms with Crippen LogP contribution in [0.1, 0.15) is 12.5 Å². The highest BCUT2D eigenvalue weighted by atomic mass is 32.7. The van der Waals surface area contributed by atoms with Crippen molar-refractivity contribution in [3.63, 3.8) is 0 Å². The molecule has 234 valence electrons. The number of fused-ring (bicyclic) bond motifs is 4. The quantitative estimate of drug-likeness (QED) is 0.156. The molecule has 0 aromatic carbocycles. The van der Waals surface area contributed by atoms with Crippen LogP contribution < -0.4 is 11.5 Å². The topological polar surface area (TPSA) is 216 Å². The fourth-order valence-electron chi connectivity index (χ4n) is 5.36. The van der Waals surface area contributed by atoms with Gasteiger partial charge >= 0.3 is 6.80 Å². The first-order valence-electron chi connectivity index (χ1n) is 13.1. The van der Waals surface area contributed by atoms with Crippen molar-refractivity contribution in [2.45, 2.75) is 49.2 Å². The predicted molar refractivity (Wildman–Crippen MR) is 154 cm³/mol. The Morgan fingerprint density at radius 1 is 0.864 bits per heavy atom. The molecule has 0 saturated carbocycles. The van der Waals surface area contributed by atoms with Gasteiger partial charge in [0, 0.05) is 6.20 Å². The van der Waals surface area contributed by atoms with Crippen LogP contribution in [0.2, 0.25) is 0 Å². The van der Waals surface area contributed by atoms with E-state index in [0.717, 1.165) is 7.57 Å². The fourth-order valence-corrected chi connectivity index (χ4v) is 8.02. The summed E-state index contributed by atoms with van der Waals surface area (Å²) < 4.78 is 95.2. The minimum Gasteiger partial charge on any atom is -0.397 e. The molecular formula is C21H24BF2N9O8P2S. The smallest absolute Gasteiger partial charge is 0.386 e. The Labute approximate surface area is 252 Å². The largest absolute Gasteiger partial charge is 0.397 e. The van der Waals surface area contributed by atoms with Crippen molar-refractivity contribution in [2.24, 2.45) is 0 Å². The maximum Gasteiger partial charge on any atom is 0.386 e. The Hall–Kier alpha value is -2.74. The second-order valence-corrected chi connectivity index (χ2v) is 15.2. The van der Waals surface area contributed by atoms with Crippen molar-refractivity contribution in [1.29, 1.82) is 0 Å². The lowest BCUT2D eigenvalue weighted by Gasteiger charge is -2.29. The zero-order valence-corrected chi connectivity index (χ0v) is 25.3. The number of ether oxygens (including phenoxy) is 2. The molecular weight excluding hydrogens is 649 g/mol. The molecule has 0 bridgehead atoms. The van der Waals surface area contributed by atoms with Crippen LogP contribution in [-0.4, -0.2) is 91.6 Å². The summed E-state index contributed by atoms with van der Waals surface area (Å²) in [6, 6.07) is 1.53. The highest BCUT2D eigenvalue weighted by Crippen LogP contribution is 2.58. The summed E-state index contributed by atoms with van der Waals surface area (Å²) >= 11 is 4.02. The van der Waals surface area contributed by atoms with Gasteiger partial charge in [-0.25, -0.2) is 38.3 Å². The zero-order valence-electron chi connectivity index (χ0n) is 22.6. The molecule has 3 fully saturated rings. The predicted octanol–water partition coefficient (Wildman–Crippen LogP) is 1.50. The summed E-state index contributed by atoms with van der Waals surface area (Å²) in [5.41, 5.74) is 13.0. The minimum absolute atomic E-state index is 0.0654. The molecule has 4 N–H and O–H groups in total. The highest BCUT2D eigenvalue weighted by Gasteiger charge is 2.54. The molecule has 3 aliphatic heterocycles. The zero-order chi connectivity index (χ0) is 31.0. The number of nitrogens with two attached hydrogens (primary N) is 2. The van der Waals surface area contributed by atoms with Crippen LogP contribution in [0.5, 0.6) is 0 Å². The second-order valence-electron chi connectivity index (χ2n) is 10.3. The second kappa shape index (κ2) is 11.0. The molecule has 23 heteroatoms. The number of aromatic nitrogens is 7. The summed E-state index contributed by atoms with van der Waals surface area (Å²) in [7, 11) is -2.95. The maximum absolute atomic E-state index is 16.0. The Morgan fingerprint density at radius 3 is 2.14 bits per heavy atom. The van der Waals surface area contributed by atoms with E-state index in [1.807, 2.05) is 0 Å². The number of alkyl halides is 2. The molecule has 4 aromatic rings. The average molecular weight is 673 g/mol. The van der Waals surface area contributed by atoms with Crippen molar-refractivity contribution < 1.29 is 45.5 Å². The van der Waals surface area contributed by atoms with Gasteiger partial charge in [0.05, 0.1) is 31.6 Å². The SMILES string of the molecule is B[P@]1(=O)OC[C@H]2O[C@@H](n3cnc4c(N)ccnc43)[C@H](F)[C@@H]2O[P@](=O)(S)OC[C@H]2O[C@@H](n3cnc4c(N)ncnc43)[C@H](F)[C@@H]2O1. The fraction of sp³-hybridized carbons (Fsp3) is 0.476. The first-order valence-corrected chi connectivity index (χ1v) is 17.8. The number of nitrogen functional groups attached to an aromatic ring is 2. The van der Waals surface area contributed by atoms with Gasteiger partial charge in [-0.1, -0.05) is 12.2 Å². The normalized spacial score (nSPS) is 38.2. The van der Waals surface area contributed by atoms with Gasteiger partial charge in [0.15, 0.2) is 41.9 Å². The molecule has 0 unspecified atom stereocenters. The summed E-state index contributed by atoms with van der Waals surface area (Å²) in [5, 5.41) is 0. The minimum atomic E-state index is -4.36. The average Bonchev–Trinajstić information content (AvgIpc) is 3.73. The van der Waals surface area contributed by atoms with E-state index in [2.05, 4.69) is 37.2 Å². The molecule has 44 heavy (non-hydrogen) atoms. The molecule has 7 heterocycles. The third-order valence-electron chi connectivity index (χ3n) is 7.40. The van der Waals surface area contributed by atoms with E-state index in [4.69, 9.17) is 39.0 Å². The van der Waals surface area contributed by atoms with E-state index in [-0.39, 0.29) is 22.6 Å². The number of thiol groups is 1. The Balaban J connectivity index is 1.17. The van der Waals surface area contributed by atoms with Crippen molar-refractivity contribution in [2.75, 3.05) is 24.7 Å². The molecule has 17 nitrogen and oxygen atoms in total. The molecule has 10 atom stereocenters. The van der Waals surface area contributed by atoms with Crippen LogP contribution in [0.4, 0.5) is 20.3 Å². The monoisotopic (exact) mass is 673 g/mol. The van der Waals surface area contributed by atoms with Crippen molar-refractivity contribution >= 4 is 67.9 Å². The van der Waals surface area contributed by atoms with Crippen LogP contribution in [0.3, 0.4) is 0 Å². The lowest BCUT2D eigenvalue weighted by molar-refractivity contribution is -0.0546. The Morgan fingerprint density at radius 2 is 1.45 bits per heavy atom. The van der Waals surface area contributed by atoms with E-state index in [9.17, 15) is 9.13 Å². The van der Waals surface area contributed by atoms with E-state index in [1.54, 1.807) is 0 Å². The third-order valence-corrected chi connectivity index (χ3v) is 10.3. The van der Waals surface area contributed by atoms with Gasteiger partial charge in [-0.05, 0) is 6.07 Å². The van der Waals surface area contributed by atoms with Gasteiger partial charge in [0.2, 0.25) is 0 Å². The molecule has 0 amide bonds. The van der Waals surface area contributed by atoms with Gasteiger partial charge in [0.1, 0.15) is 41.8 Å². The van der Waals surface area contributed by atoms with Crippen molar-refractivity contribution in [3.05, 3.63) is 31.2 Å². The number of hydrogen-bond donors (Lipinski definition) is 3. The van der Waals surface area contributed by atoms with E-state index in [1.165, 1.54) is 40.4 Å². The summed E-state index contributed by atoms with van der Waals surface area (Å²) in [6.07, 6.45) is -7.32. The molecule has 3 saturated heterocycles. The van der Waals surface area contributed by atoms with Gasteiger partial charge in [-0.2, -0.15) is 0 Å². The first kappa shape index (κ1) is 29.9. The van der Waals surface area contributed by atoms with E-state index >= 15 is 8.78 Å². The number of rotatable bonds is 2. The van der Waals surface area contributed by atoms with Gasteiger partial charge in [-0.3, -0.25) is 22.7 Å². The first-order chi connectivity index (χ1) is 20.9. The van der Waals surface area contributed by atoms with Crippen LogP contribution in [0, 0.1) is 0 Å². The number of pyridine rings is 1. The summed E-state index contributed by atoms with van der Waals surface area (Å²) in [5.74, 6) is 0.0654. The third kappa shape index (κ3) is 5.19. The highest BCUT2D eigenvalue weighted by molar-refractivity contribution is 8.44. The van der Waals surface area contributed by atoms with Gasteiger partial charge < -0.3 is 30.0 Å².